The Bertz CT molecular complexity index is 3840. The predicted octanol–water partition coefficient (Wildman–Crippen LogP) is 10.4. The number of aromatic nitrogens is 3. The molecule has 0 aliphatic carbocycles. The van der Waals surface area contributed by atoms with Gasteiger partial charge in [-0.25, -0.2) is 8.78 Å². The van der Waals surface area contributed by atoms with Crippen molar-refractivity contribution < 1.29 is 51.6 Å². The summed E-state index contributed by atoms with van der Waals surface area (Å²) in [6.07, 6.45) is 4.11. The minimum Gasteiger partial charge on any atom is -0.493 e. The molecule has 0 aliphatic heterocycles. The average molecular weight is 1080 g/mol. The lowest BCUT2D eigenvalue weighted by atomic mass is 10.1. The lowest BCUT2D eigenvalue weighted by Gasteiger charge is -2.16. The maximum Gasteiger partial charge on any atom is 0.252 e. The van der Waals surface area contributed by atoms with Gasteiger partial charge in [0.25, 0.3) is 17.7 Å². The molecule has 0 atom stereocenters. The Labute approximate surface area is 449 Å². The number of hydrogen-bond acceptors (Lipinski definition) is 16. The summed E-state index contributed by atoms with van der Waals surface area (Å²) in [4.78, 5) is 48.5. The van der Waals surface area contributed by atoms with E-state index in [1.54, 1.807) is 72.8 Å². The van der Waals surface area contributed by atoms with E-state index in [4.69, 9.17) is 57.2 Å². The number of amides is 3. The zero-order valence-corrected chi connectivity index (χ0v) is 43.6. The molecule has 3 heterocycles. The van der Waals surface area contributed by atoms with Crippen molar-refractivity contribution in [2.45, 2.75) is 6.92 Å². The summed E-state index contributed by atoms with van der Waals surface area (Å²) in [5.74, 6) is -0.00314. The minimum atomic E-state index is -0.676. The molecule has 0 saturated heterocycles. The molecule has 9 N–H and O–H groups in total. The van der Waals surface area contributed by atoms with E-state index < -0.39 is 29.4 Å². The largest absolute Gasteiger partial charge is 0.493 e. The van der Waals surface area contributed by atoms with Crippen LogP contribution in [0.4, 0.5) is 42.9 Å². The number of nitrogens with zero attached hydrogens (tertiary/aromatic N) is 4. The summed E-state index contributed by atoms with van der Waals surface area (Å²) < 4.78 is 59.3. The number of halogens is 3. The van der Waals surface area contributed by atoms with Crippen molar-refractivity contribution in [2.75, 3.05) is 58.6 Å². The number of para-hydroxylation sites is 1. The first kappa shape index (κ1) is 55.5. The second-order valence-electron chi connectivity index (χ2n) is 16.5. The highest BCUT2D eigenvalue weighted by Crippen LogP contribution is 2.41. The fourth-order valence-electron chi connectivity index (χ4n) is 7.94. The van der Waals surface area contributed by atoms with Gasteiger partial charge in [-0.05, 0) is 73.2 Å². The number of nitrogens with one attached hydrogen (secondary N) is 3. The monoisotopic (exact) mass is 1080 g/mol. The topological polar surface area (TPSA) is 283 Å². The number of carbonyl (C=O) groups is 3. The maximum atomic E-state index is 14.2. The molecule has 6 aromatic carbocycles. The van der Waals surface area contributed by atoms with Crippen molar-refractivity contribution in [1.29, 1.82) is 5.26 Å². The SMILES string of the molecule is COc1cc2ncc(C(N)=O)c(Nc3cc(C)ccc3F)c2cc1OC.COc1cc2ncc(C(N)=O)c(Nc3ccc(F)cc3Cl)c2cc1OC.COc1cc2ncc(C(N)=O)c(Nc3ccccc3C#N)c2cc1OC. The fourth-order valence-corrected chi connectivity index (χ4v) is 8.16. The third-order valence-electron chi connectivity index (χ3n) is 11.8. The molecule has 0 fully saturated rings. The Morgan fingerprint density at radius 1 is 0.513 bits per heavy atom. The Morgan fingerprint density at radius 2 is 0.897 bits per heavy atom. The predicted molar refractivity (Wildman–Crippen MR) is 294 cm³/mol. The molecular weight excluding hydrogens is 1030 g/mol. The van der Waals surface area contributed by atoms with Crippen LogP contribution in [0.3, 0.4) is 0 Å². The number of nitrogens with two attached hydrogens (primary N) is 3. The second kappa shape index (κ2) is 24.4. The summed E-state index contributed by atoms with van der Waals surface area (Å²) in [6.45, 7) is 1.85. The number of benzene rings is 6. The minimum absolute atomic E-state index is 0.144. The van der Waals surface area contributed by atoms with Crippen LogP contribution < -0.4 is 61.6 Å². The molecule has 3 amide bonds. The van der Waals surface area contributed by atoms with Gasteiger partial charge in [-0.1, -0.05) is 29.8 Å². The summed E-state index contributed by atoms with van der Waals surface area (Å²) in [7, 11) is 9.08. The Kier molecular flexibility index (Phi) is 17.4. The lowest BCUT2D eigenvalue weighted by Crippen LogP contribution is -2.14. The number of ether oxygens (including phenoxy) is 6. The van der Waals surface area contributed by atoms with Gasteiger partial charge in [0.05, 0.1) is 121 Å². The zero-order valence-electron chi connectivity index (χ0n) is 42.8. The summed E-state index contributed by atoms with van der Waals surface area (Å²) >= 11 is 6.09. The molecule has 22 heteroatoms. The van der Waals surface area contributed by atoms with E-state index in [-0.39, 0.29) is 27.4 Å². The van der Waals surface area contributed by atoms with E-state index in [1.807, 2.05) is 6.92 Å². The first-order chi connectivity index (χ1) is 37.5. The van der Waals surface area contributed by atoms with Crippen molar-refractivity contribution in [1.82, 2.24) is 15.0 Å². The standard InChI is InChI=1S/C19H18FN3O3.C19H16N4O3.C18H15ClFN3O3/c1-10-4-5-13(20)15(6-10)23-18-11-7-16(25-2)17(26-3)8-14(11)22-9-12(18)19(21)24;1-25-16-7-12-15(8-17(16)26-2)22-10-13(19(21)24)18(12)23-14-6-4-3-5-11(14)9-20;1-25-15-6-10-14(7-16(15)26-2)22-8-11(18(21)24)17(10)23-13-4-3-9(20)5-12(13)19/h4-9H,1-3H3,(H2,21,24)(H,22,23);3-8,10H,1-2H3,(H2,21,24)(H,22,23);3-8H,1-2H3,(H2,21,24)(H,22,23). The highest BCUT2D eigenvalue weighted by molar-refractivity contribution is 6.33. The van der Waals surface area contributed by atoms with Crippen LogP contribution in [0.5, 0.6) is 34.5 Å². The molecule has 9 rings (SSSR count). The van der Waals surface area contributed by atoms with Crippen LogP contribution >= 0.6 is 11.6 Å². The van der Waals surface area contributed by atoms with E-state index in [1.165, 1.54) is 85.5 Å². The Morgan fingerprint density at radius 3 is 1.28 bits per heavy atom. The normalized spacial score (nSPS) is 10.5. The lowest BCUT2D eigenvalue weighted by molar-refractivity contribution is 0.0992. The number of nitriles is 1. The average Bonchev–Trinajstić information content (AvgIpc) is 3.56. The van der Waals surface area contributed by atoms with Gasteiger partial charge < -0.3 is 61.6 Å². The molecule has 0 saturated carbocycles. The Hall–Kier alpha value is -10.2. The molecular formula is C56H49ClF2N10O9. The van der Waals surface area contributed by atoms with Gasteiger partial charge >= 0.3 is 0 Å². The molecule has 9 aromatic rings. The van der Waals surface area contributed by atoms with E-state index >= 15 is 0 Å². The number of methoxy groups -OCH3 is 6. The molecule has 19 nitrogen and oxygen atoms in total. The van der Waals surface area contributed by atoms with E-state index in [0.29, 0.717) is 101 Å². The van der Waals surface area contributed by atoms with Crippen LogP contribution in [-0.4, -0.2) is 75.3 Å². The smallest absolute Gasteiger partial charge is 0.252 e. The number of carbonyl (C=O) groups excluding carboxylic acids is 3. The molecule has 0 aliphatic rings. The second-order valence-corrected chi connectivity index (χ2v) is 17.0. The van der Waals surface area contributed by atoms with Crippen molar-refractivity contribution in [3.8, 4) is 40.6 Å². The number of rotatable bonds is 15. The van der Waals surface area contributed by atoms with Crippen molar-refractivity contribution in [2.24, 2.45) is 17.2 Å². The zero-order chi connectivity index (χ0) is 56.4. The molecule has 0 unspecified atom stereocenters. The van der Waals surface area contributed by atoms with E-state index in [9.17, 15) is 28.4 Å². The van der Waals surface area contributed by atoms with Gasteiger partial charge in [0, 0.05) is 52.9 Å². The number of primary amides is 3. The number of fused-ring (bicyclic) bond motifs is 3. The summed E-state index contributed by atoms with van der Waals surface area (Å²) in [5, 5.41) is 20.4. The van der Waals surface area contributed by atoms with Crippen LogP contribution in [0.1, 0.15) is 42.2 Å². The van der Waals surface area contributed by atoms with Gasteiger partial charge in [-0.2, -0.15) is 5.26 Å². The Balaban J connectivity index is 0.000000170. The summed E-state index contributed by atoms with van der Waals surface area (Å²) in [6, 6.07) is 27.8. The number of anilines is 6. The van der Waals surface area contributed by atoms with Gasteiger partial charge in [-0.15, -0.1) is 0 Å². The first-order valence-electron chi connectivity index (χ1n) is 23.0. The molecule has 398 valence electrons. The highest BCUT2D eigenvalue weighted by atomic mass is 35.5. The third kappa shape index (κ3) is 12.0. The molecule has 0 bridgehead atoms. The van der Waals surface area contributed by atoms with Crippen LogP contribution in [0, 0.1) is 29.9 Å². The molecule has 0 radical (unpaired) electrons. The molecule has 3 aromatic heterocycles. The number of aryl methyl sites for hydroxylation is 1. The van der Waals surface area contributed by atoms with Crippen molar-refractivity contribution in [3.63, 3.8) is 0 Å². The van der Waals surface area contributed by atoms with Crippen molar-refractivity contribution >= 4 is 96.2 Å². The van der Waals surface area contributed by atoms with Gasteiger partial charge in [0.1, 0.15) is 17.7 Å². The van der Waals surface area contributed by atoms with Crippen LogP contribution in [-0.2, 0) is 0 Å². The van der Waals surface area contributed by atoms with E-state index in [2.05, 4.69) is 37.0 Å². The highest BCUT2D eigenvalue weighted by Gasteiger charge is 2.21. The van der Waals surface area contributed by atoms with Gasteiger partial charge in [0.15, 0.2) is 34.5 Å². The van der Waals surface area contributed by atoms with Crippen LogP contribution in [0.2, 0.25) is 5.02 Å². The number of hydrogen-bond donors (Lipinski definition) is 6. The molecule has 78 heavy (non-hydrogen) atoms. The quantitative estimate of drug-likeness (QED) is 0.0556. The van der Waals surface area contributed by atoms with Crippen LogP contribution in [0.25, 0.3) is 32.7 Å². The maximum absolute atomic E-state index is 14.2. The van der Waals surface area contributed by atoms with Crippen LogP contribution in [0.15, 0.2) is 116 Å². The third-order valence-corrected chi connectivity index (χ3v) is 12.1. The number of pyridine rings is 3. The van der Waals surface area contributed by atoms with Gasteiger partial charge in [-0.3, -0.25) is 29.3 Å². The van der Waals surface area contributed by atoms with Gasteiger partial charge in [0.2, 0.25) is 0 Å². The summed E-state index contributed by atoms with van der Waals surface area (Å²) in [5.41, 5.74) is 22.4. The van der Waals surface area contributed by atoms with Crippen molar-refractivity contribution in [3.05, 3.63) is 160 Å². The molecule has 0 spiro atoms. The van der Waals surface area contributed by atoms with E-state index in [0.717, 1.165) is 5.56 Å². The first-order valence-corrected chi connectivity index (χ1v) is 23.4. The fraction of sp³-hybridized carbons (Fsp3) is 0.125.